The third-order valence-corrected chi connectivity index (χ3v) is 5.57. The molecule has 36 heavy (non-hydrogen) atoms. The molecule has 5 amide bonds. The summed E-state index contributed by atoms with van der Waals surface area (Å²) in [4.78, 5) is 74.0. The first-order valence-electron chi connectivity index (χ1n) is 11.3. The van der Waals surface area contributed by atoms with Crippen LogP contribution in [0.15, 0.2) is 48.5 Å². The molecule has 0 fully saturated rings. The van der Waals surface area contributed by atoms with Crippen LogP contribution >= 0.6 is 0 Å². The number of carbonyl (C=O) groups is 6. The molecule has 0 radical (unpaired) electrons. The maximum atomic E-state index is 12.4. The summed E-state index contributed by atoms with van der Waals surface area (Å²) in [6.07, 6.45) is 0. The van der Waals surface area contributed by atoms with Crippen LogP contribution in [0.4, 0.5) is 0 Å². The minimum atomic E-state index is -0.979. The number of ketones is 1. The van der Waals surface area contributed by atoms with Gasteiger partial charge in [0.1, 0.15) is 12.6 Å². The average Bonchev–Trinajstić information content (AvgIpc) is 3.20. The van der Waals surface area contributed by atoms with E-state index in [2.05, 4.69) is 21.3 Å². The summed E-state index contributed by atoms with van der Waals surface area (Å²) in [7, 11) is 1.52. The quantitative estimate of drug-likeness (QED) is 0.328. The molecule has 0 spiro atoms. The molecule has 1 aliphatic heterocycles. The predicted molar refractivity (Wildman–Crippen MR) is 128 cm³/mol. The van der Waals surface area contributed by atoms with Crippen LogP contribution in [-0.2, 0) is 32.3 Å². The Morgan fingerprint density at radius 2 is 1.67 bits per heavy atom. The Morgan fingerprint density at radius 1 is 0.972 bits per heavy atom. The van der Waals surface area contributed by atoms with Gasteiger partial charge in [-0.15, -0.1) is 0 Å². The van der Waals surface area contributed by atoms with Crippen molar-refractivity contribution in [1.82, 2.24) is 26.2 Å². The van der Waals surface area contributed by atoms with Crippen LogP contribution in [0.25, 0.3) is 0 Å². The SMILES string of the molecule is CNC(=O)c1ccc(CNC(=O)C(=O)CNC(=O)C(C)NC(=O)CN2Cc3ccccc3C2=O)cc1. The highest BCUT2D eigenvalue weighted by molar-refractivity contribution is 6.37. The van der Waals surface area contributed by atoms with Crippen LogP contribution in [0.2, 0.25) is 0 Å². The van der Waals surface area contributed by atoms with Crippen molar-refractivity contribution < 1.29 is 28.8 Å². The van der Waals surface area contributed by atoms with Crippen molar-refractivity contribution in [2.24, 2.45) is 0 Å². The van der Waals surface area contributed by atoms with Gasteiger partial charge in [-0.3, -0.25) is 28.8 Å². The third kappa shape index (κ3) is 6.53. The second-order valence-electron chi connectivity index (χ2n) is 8.21. The summed E-state index contributed by atoms with van der Waals surface area (Å²) in [5.41, 5.74) is 2.53. The molecule has 4 N–H and O–H groups in total. The Labute approximate surface area is 207 Å². The van der Waals surface area contributed by atoms with E-state index in [1.54, 1.807) is 36.4 Å². The van der Waals surface area contributed by atoms with Crippen molar-refractivity contribution in [3.63, 3.8) is 0 Å². The highest BCUT2D eigenvalue weighted by Gasteiger charge is 2.29. The van der Waals surface area contributed by atoms with E-state index < -0.39 is 36.1 Å². The van der Waals surface area contributed by atoms with Gasteiger partial charge in [-0.25, -0.2) is 0 Å². The number of Topliss-reactive ketones (excluding diaryl/α,β-unsaturated/α-hetero) is 1. The zero-order chi connectivity index (χ0) is 26.2. The first-order valence-corrected chi connectivity index (χ1v) is 11.3. The number of amides is 5. The number of nitrogens with one attached hydrogen (secondary N) is 4. The van der Waals surface area contributed by atoms with Crippen LogP contribution in [0, 0.1) is 0 Å². The van der Waals surface area contributed by atoms with E-state index in [1.807, 2.05) is 12.1 Å². The Bertz CT molecular complexity index is 1190. The molecule has 0 saturated heterocycles. The fourth-order valence-corrected chi connectivity index (χ4v) is 3.57. The number of carbonyl (C=O) groups excluding carboxylic acids is 6. The topological polar surface area (TPSA) is 154 Å². The molecule has 11 heteroatoms. The van der Waals surface area contributed by atoms with Crippen molar-refractivity contribution in [2.45, 2.75) is 26.1 Å². The molecule has 2 aromatic carbocycles. The maximum absolute atomic E-state index is 12.4. The van der Waals surface area contributed by atoms with Crippen molar-refractivity contribution in [2.75, 3.05) is 20.1 Å². The van der Waals surface area contributed by atoms with Crippen LogP contribution in [-0.4, -0.2) is 66.4 Å². The van der Waals surface area contributed by atoms with E-state index >= 15 is 0 Å². The number of hydrogen-bond acceptors (Lipinski definition) is 6. The number of fused-ring (bicyclic) bond motifs is 1. The molecular weight excluding hydrogens is 466 g/mol. The number of rotatable bonds is 10. The zero-order valence-corrected chi connectivity index (χ0v) is 19.9. The summed E-state index contributed by atoms with van der Waals surface area (Å²) in [5, 5.41) is 9.76. The Kier molecular flexibility index (Phi) is 8.50. The van der Waals surface area contributed by atoms with Gasteiger partial charge in [-0.05, 0) is 36.2 Å². The molecule has 1 unspecified atom stereocenters. The Hall–Kier alpha value is -4.54. The van der Waals surface area contributed by atoms with E-state index in [1.165, 1.54) is 18.9 Å². The molecule has 1 heterocycles. The number of nitrogens with zero attached hydrogens (tertiary/aromatic N) is 1. The van der Waals surface area contributed by atoms with Gasteiger partial charge < -0.3 is 26.2 Å². The van der Waals surface area contributed by atoms with Gasteiger partial charge in [-0.2, -0.15) is 0 Å². The molecule has 0 bridgehead atoms. The first kappa shape index (κ1) is 26.1. The van der Waals surface area contributed by atoms with Crippen LogP contribution in [0.1, 0.15) is 38.8 Å². The largest absolute Gasteiger partial charge is 0.355 e. The standard InChI is InChI=1S/C25H27N5O6/c1-15(29-21(32)14-30-13-18-5-3-4-6-19(18)25(30)36)22(33)28-12-20(31)24(35)27-11-16-7-9-17(10-8-16)23(34)26-2/h3-10,15H,11-14H2,1-2H3,(H,26,34)(H,27,35)(H,28,33)(H,29,32). The molecular formula is C25H27N5O6. The van der Waals surface area contributed by atoms with Crippen LogP contribution < -0.4 is 21.3 Å². The summed E-state index contributed by atoms with van der Waals surface area (Å²) < 4.78 is 0. The highest BCUT2D eigenvalue weighted by atomic mass is 16.2. The maximum Gasteiger partial charge on any atom is 0.289 e. The van der Waals surface area contributed by atoms with E-state index in [0.717, 1.165) is 5.56 Å². The van der Waals surface area contributed by atoms with Gasteiger partial charge in [0, 0.05) is 31.3 Å². The minimum Gasteiger partial charge on any atom is -0.355 e. The third-order valence-electron chi connectivity index (χ3n) is 5.57. The molecule has 0 aromatic heterocycles. The summed E-state index contributed by atoms with van der Waals surface area (Å²) in [5.74, 6) is -3.40. The monoisotopic (exact) mass is 493 g/mol. The average molecular weight is 494 g/mol. The van der Waals surface area contributed by atoms with Gasteiger partial charge >= 0.3 is 0 Å². The Balaban J connectivity index is 1.38. The predicted octanol–water partition coefficient (Wildman–Crippen LogP) is -0.492. The van der Waals surface area contributed by atoms with E-state index in [9.17, 15) is 28.8 Å². The fourth-order valence-electron chi connectivity index (χ4n) is 3.57. The van der Waals surface area contributed by atoms with Crippen LogP contribution in [0.5, 0.6) is 0 Å². The molecule has 1 aliphatic rings. The molecule has 0 aliphatic carbocycles. The molecule has 11 nitrogen and oxygen atoms in total. The number of benzene rings is 2. The second kappa shape index (κ2) is 11.7. The lowest BCUT2D eigenvalue weighted by Crippen LogP contribution is -2.49. The van der Waals surface area contributed by atoms with E-state index in [0.29, 0.717) is 23.2 Å². The highest BCUT2D eigenvalue weighted by Crippen LogP contribution is 2.21. The van der Waals surface area contributed by atoms with Gasteiger partial charge in [0.2, 0.25) is 17.6 Å². The van der Waals surface area contributed by atoms with Crippen molar-refractivity contribution in [1.29, 1.82) is 0 Å². The summed E-state index contributed by atoms with van der Waals surface area (Å²) in [6, 6.07) is 12.6. The molecule has 2 aromatic rings. The number of hydrogen-bond donors (Lipinski definition) is 4. The van der Waals surface area contributed by atoms with Gasteiger partial charge in [0.15, 0.2) is 0 Å². The zero-order valence-electron chi connectivity index (χ0n) is 19.9. The Morgan fingerprint density at radius 3 is 2.33 bits per heavy atom. The summed E-state index contributed by atoms with van der Waals surface area (Å²) in [6.45, 7) is 1.06. The van der Waals surface area contributed by atoms with Gasteiger partial charge in [0.25, 0.3) is 17.7 Å². The normalized spacial score (nSPS) is 12.8. The minimum absolute atomic E-state index is 0.0676. The van der Waals surface area contributed by atoms with Crippen molar-refractivity contribution in [3.05, 3.63) is 70.8 Å². The van der Waals surface area contributed by atoms with Gasteiger partial charge in [0.05, 0.1) is 6.54 Å². The first-order chi connectivity index (χ1) is 17.2. The lowest BCUT2D eigenvalue weighted by Gasteiger charge is -2.18. The van der Waals surface area contributed by atoms with Crippen LogP contribution in [0.3, 0.4) is 0 Å². The smallest absolute Gasteiger partial charge is 0.289 e. The fraction of sp³-hybridized carbons (Fsp3) is 0.280. The van der Waals surface area contributed by atoms with E-state index in [-0.39, 0.29) is 24.9 Å². The summed E-state index contributed by atoms with van der Waals surface area (Å²) >= 11 is 0. The van der Waals surface area contributed by atoms with Crippen molar-refractivity contribution in [3.8, 4) is 0 Å². The van der Waals surface area contributed by atoms with Crippen molar-refractivity contribution >= 4 is 35.3 Å². The lowest BCUT2D eigenvalue weighted by atomic mass is 10.1. The molecule has 188 valence electrons. The molecule has 1 atom stereocenters. The second-order valence-corrected chi connectivity index (χ2v) is 8.21. The molecule has 0 saturated carbocycles. The molecule has 3 rings (SSSR count). The van der Waals surface area contributed by atoms with E-state index in [4.69, 9.17) is 0 Å². The van der Waals surface area contributed by atoms with Gasteiger partial charge in [-0.1, -0.05) is 30.3 Å². The lowest BCUT2D eigenvalue weighted by molar-refractivity contribution is -0.138.